The van der Waals surface area contributed by atoms with Crippen LogP contribution in [0.1, 0.15) is 18.9 Å². The van der Waals surface area contributed by atoms with Crippen molar-refractivity contribution in [3.05, 3.63) is 89.4 Å². The zero-order valence-corrected chi connectivity index (χ0v) is 22.0. The number of anilines is 1. The van der Waals surface area contributed by atoms with E-state index in [1.165, 1.54) is 0 Å². The van der Waals surface area contributed by atoms with Crippen LogP contribution < -0.4 is 10.1 Å². The molecule has 0 atom stereocenters. The second-order valence-corrected chi connectivity index (χ2v) is 9.81. The number of benzene rings is 2. The summed E-state index contributed by atoms with van der Waals surface area (Å²) < 4.78 is 6.98. The highest BCUT2D eigenvalue weighted by Crippen LogP contribution is 2.35. The molecular weight excluding hydrogens is 536 g/mol. The third-order valence-corrected chi connectivity index (χ3v) is 6.93. The molecule has 0 spiro atoms. The van der Waals surface area contributed by atoms with Gasteiger partial charge in [-0.3, -0.25) is 4.98 Å². The first-order valence-corrected chi connectivity index (χ1v) is 13.1. The van der Waals surface area contributed by atoms with Gasteiger partial charge in [0.2, 0.25) is 0 Å². The highest BCUT2D eigenvalue weighted by Gasteiger charge is 2.16. The normalized spacial score (nSPS) is 10.8. The Hall–Kier alpha value is -3.69. The summed E-state index contributed by atoms with van der Waals surface area (Å²) in [5.74, 6) is 1.25. The van der Waals surface area contributed by atoms with Crippen molar-refractivity contribution in [2.45, 2.75) is 20.0 Å². The zero-order valence-electron chi connectivity index (χ0n) is 19.6. The molecule has 1 N–H and O–H groups in total. The summed E-state index contributed by atoms with van der Waals surface area (Å²) in [6, 6.07) is 18.0. The van der Waals surface area contributed by atoms with E-state index in [1.807, 2.05) is 60.8 Å². The lowest BCUT2D eigenvalue weighted by Gasteiger charge is -2.12. The maximum atomic E-state index is 6.08. The number of rotatable bonds is 9. The maximum Gasteiger partial charge on any atom is 0.183 e. The fourth-order valence-electron chi connectivity index (χ4n) is 3.48. The number of nitrogens with zero attached hydrogens (tertiary/aromatic N) is 5. The molecule has 180 valence electrons. The SMILES string of the molecule is CCCNc1ncc(-c2cc(-c3cc(OCc4ccccc4)ccc3Br)nc(-c3cnccn3)n2)s1. The van der Waals surface area contributed by atoms with Gasteiger partial charge >= 0.3 is 0 Å². The van der Waals surface area contributed by atoms with Crippen LogP contribution in [-0.2, 0) is 6.61 Å². The van der Waals surface area contributed by atoms with Crippen LogP contribution in [0, 0.1) is 0 Å². The van der Waals surface area contributed by atoms with Gasteiger partial charge < -0.3 is 10.1 Å². The first-order valence-electron chi connectivity index (χ1n) is 11.5. The van der Waals surface area contributed by atoms with Gasteiger partial charge in [0.1, 0.15) is 18.1 Å². The molecule has 0 aliphatic heterocycles. The predicted molar refractivity (Wildman–Crippen MR) is 147 cm³/mol. The third-order valence-electron chi connectivity index (χ3n) is 5.26. The molecule has 0 saturated heterocycles. The Kier molecular flexibility index (Phi) is 7.58. The minimum Gasteiger partial charge on any atom is -0.489 e. The number of hydrogen-bond acceptors (Lipinski definition) is 8. The Morgan fingerprint density at radius 2 is 1.78 bits per heavy atom. The molecule has 36 heavy (non-hydrogen) atoms. The van der Waals surface area contributed by atoms with E-state index in [0.717, 1.165) is 55.7 Å². The second kappa shape index (κ2) is 11.4. The van der Waals surface area contributed by atoms with Gasteiger partial charge in [-0.15, -0.1) is 0 Å². The molecule has 0 aliphatic carbocycles. The van der Waals surface area contributed by atoms with Gasteiger partial charge in [0, 0.05) is 35.2 Å². The molecule has 5 aromatic rings. The highest BCUT2D eigenvalue weighted by molar-refractivity contribution is 9.10. The lowest BCUT2D eigenvalue weighted by atomic mass is 10.1. The van der Waals surface area contributed by atoms with Crippen molar-refractivity contribution in [1.82, 2.24) is 24.9 Å². The molecule has 0 radical (unpaired) electrons. The smallest absolute Gasteiger partial charge is 0.183 e. The van der Waals surface area contributed by atoms with E-state index in [-0.39, 0.29) is 0 Å². The quantitative estimate of drug-likeness (QED) is 0.211. The summed E-state index contributed by atoms with van der Waals surface area (Å²) in [5, 5.41) is 4.21. The monoisotopic (exact) mass is 558 g/mol. The summed E-state index contributed by atoms with van der Waals surface area (Å²) in [6.07, 6.45) is 7.80. The van der Waals surface area contributed by atoms with Crippen molar-refractivity contribution in [3.63, 3.8) is 0 Å². The number of aromatic nitrogens is 5. The first kappa shape index (κ1) is 24.0. The van der Waals surface area contributed by atoms with Crippen molar-refractivity contribution in [2.75, 3.05) is 11.9 Å². The molecule has 0 aliphatic rings. The number of hydrogen-bond donors (Lipinski definition) is 1. The Bertz CT molecular complexity index is 1450. The topological polar surface area (TPSA) is 85.7 Å². The van der Waals surface area contributed by atoms with Crippen LogP contribution in [0.15, 0.2) is 83.9 Å². The summed E-state index contributed by atoms with van der Waals surface area (Å²) in [4.78, 5) is 23.7. The molecule has 0 amide bonds. The van der Waals surface area contributed by atoms with Crippen molar-refractivity contribution >= 4 is 32.4 Å². The second-order valence-electron chi connectivity index (χ2n) is 7.93. The van der Waals surface area contributed by atoms with Crippen LogP contribution in [0.4, 0.5) is 5.13 Å². The van der Waals surface area contributed by atoms with E-state index >= 15 is 0 Å². The Morgan fingerprint density at radius 3 is 2.58 bits per heavy atom. The van der Waals surface area contributed by atoms with Crippen LogP contribution >= 0.6 is 27.3 Å². The third kappa shape index (κ3) is 5.75. The largest absolute Gasteiger partial charge is 0.489 e. The van der Waals surface area contributed by atoms with E-state index in [2.05, 4.69) is 43.1 Å². The molecule has 9 heteroatoms. The summed E-state index contributed by atoms with van der Waals surface area (Å²) in [6.45, 7) is 3.48. The molecule has 0 saturated carbocycles. The minimum atomic E-state index is 0.482. The van der Waals surface area contributed by atoms with Gasteiger partial charge in [0.25, 0.3) is 0 Å². The molecule has 7 nitrogen and oxygen atoms in total. The van der Waals surface area contributed by atoms with E-state index in [4.69, 9.17) is 14.7 Å². The van der Waals surface area contributed by atoms with Gasteiger partial charge in [-0.05, 0) is 36.2 Å². The standard InChI is InChI=1S/C27H23BrN6OS/c1-2-10-31-27-32-16-25(36-27)23-14-22(33-26(34-23)24-15-29-11-12-30-24)20-13-19(8-9-21(20)28)35-17-18-6-4-3-5-7-18/h3-9,11-16H,2,10,17H2,1H3,(H,31,32). The van der Waals surface area contributed by atoms with Gasteiger partial charge in [-0.1, -0.05) is 64.5 Å². The molecule has 0 bridgehead atoms. The number of halogens is 1. The van der Waals surface area contributed by atoms with Gasteiger partial charge in [-0.25, -0.2) is 19.9 Å². The fourth-order valence-corrected chi connectivity index (χ4v) is 4.73. The van der Waals surface area contributed by atoms with Crippen molar-refractivity contribution in [2.24, 2.45) is 0 Å². The van der Waals surface area contributed by atoms with Crippen molar-refractivity contribution in [3.8, 4) is 39.1 Å². The molecular formula is C27H23BrN6OS. The molecule has 3 heterocycles. The number of ether oxygens (including phenoxy) is 1. The van der Waals surface area contributed by atoms with Crippen LogP contribution in [0.25, 0.3) is 33.3 Å². The molecule has 3 aromatic heterocycles. The highest BCUT2D eigenvalue weighted by atomic mass is 79.9. The van der Waals surface area contributed by atoms with Gasteiger partial charge in [-0.2, -0.15) is 0 Å². The van der Waals surface area contributed by atoms with Gasteiger partial charge in [0.15, 0.2) is 11.0 Å². The van der Waals surface area contributed by atoms with E-state index in [9.17, 15) is 0 Å². The first-order chi connectivity index (χ1) is 17.7. The van der Waals surface area contributed by atoms with Crippen molar-refractivity contribution < 1.29 is 4.74 Å². The molecule has 2 aromatic carbocycles. The lowest BCUT2D eigenvalue weighted by Crippen LogP contribution is -1.99. The van der Waals surface area contributed by atoms with Crippen LogP contribution in [0.2, 0.25) is 0 Å². The van der Waals surface area contributed by atoms with E-state index < -0.39 is 0 Å². The Labute approximate surface area is 221 Å². The lowest BCUT2D eigenvalue weighted by molar-refractivity contribution is 0.306. The average molecular weight is 559 g/mol. The maximum absolute atomic E-state index is 6.08. The Morgan fingerprint density at radius 1 is 0.917 bits per heavy atom. The minimum absolute atomic E-state index is 0.482. The molecule has 0 fully saturated rings. The molecule has 0 unspecified atom stereocenters. The number of thiazole rings is 1. The fraction of sp³-hybridized carbons (Fsp3) is 0.148. The summed E-state index contributed by atoms with van der Waals surface area (Å²) in [7, 11) is 0. The number of nitrogens with one attached hydrogen (secondary N) is 1. The summed E-state index contributed by atoms with van der Waals surface area (Å²) in [5.41, 5.74) is 4.11. The summed E-state index contributed by atoms with van der Waals surface area (Å²) >= 11 is 5.26. The van der Waals surface area contributed by atoms with Crippen LogP contribution in [-0.4, -0.2) is 31.5 Å². The van der Waals surface area contributed by atoms with Crippen LogP contribution in [0.5, 0.6) is 5.75 Å². The van der Waals surface area contributed by atoms with Gasteiger partial charge in [0.05, 0.1) is 22.5 Å². The predicted octanol–water partition coefficient (Wildman–Crippen LogP) is 6.89. The van der Waals surface area contributed by atoms with Crippen molar-refractivity contribution in [1.29, 1.82) is 0 Å². The van der Waals surface area contributed by atoms with Crippen LogP contribution in [0.3, 0.4) is 0 Å². The van der Waals surface area contributed by atoms with E-state index in [1.54, 1.807) is 29.9 Å². The average Bonchev–Trinajstić information content (AvgIpc) is 3.41. The molecule has 5 rings (SSSR count). The Balaban J connectivity index is 1.53. The van der Waals surface area contributed by atoms with E-state index in [0.29, 0.717) is 18.1 Å². The zero-order chi connectivity index (χ0) is 24.7.